The summed E-state index contributed by atoms with van der Waals surface area (Å²) in [5, 5.41) is 8.05. The van der Waals surface area contributed by atoms with Gasteiger partial charge in [-0.2, -0.15) is 0 Å². The number of benzene rings is 6. The van der Waals surface area contributed by atoms with Crippen molar-refractivity contribution in [3.63, 3.8) is 0 Å². The lowest BCUT2D eigenvalue weighted by Gasteiger charge is -2.14. The monoisotopic (exact) mass is 378 g/mol. The van der Waals surface area contributed by atoms with Crippen LogP contribution in [-0.4, -0.2) is 0 Å². The lowest BCUT2D eigenvalue weighted by atomic mass is 9.89. The molecule has 0 aromatic heterocycles. The third kappa shape index (κ3) is 2.00. The Morgan fingerprint density at radius 2 is 1.00 bits per heavy atom. The Morgan fingerprint density at radius 1 is 0.333 bits per heavy atom. The SMILES string of the molecule is c1ccc(-c2cccc3ccc4cc5c6c(cccc6c4c23)-c2ccccc2-5)cc1. The Balaban J connectivity index is 1.73. The summed E-state index contributed by atoms with van der Waals surface area (Å²) in [7, 11) is 0. The molecule has 0 saturated heterocycles. The fourth-order valence-electron chi connectivity index (χ4n) is 5.33. The van der Waals surface area contributed by atoms with E-state index in [1.165, 1.54) is 65.7 Å². The van der Waals surface area contributed by atoms with Gasteiger partial charge in [-0.3, -0.25) is 0 Å². The van der Waals surface area contributed by atoms with Gasteiger partial charge in [0.1, 0.15) is 0 Å². The van der Waals surface area contributed by atoms with Crippen LogP contribution < -0.4 is 0 Å². The molecule has 6 aromatic rings. The Labute approximate surface area is 175 Å². The van der Waals surface area contributed by atoms with E-state index in [2.05, 4.69) is 109 Å². The lowest BCUT2D eigenvalue weighted by molar-refractivity contribution is 1.66. The fraction of sp³-hybridized carbons (Fsp3) is 0. The summed E-state index contributed by atoms with van der Waals surface area (Å²) in [6.07, 6.45) is 0. The Bertz CT molecular complexity index is 1620. The van der Waals surface area contributed by atoms with Crippen LogP contribution >= 0.6 is 0 Å². The van der Waals surface area contributed by atoms with Crippen LogP contribution in [0.25, 0.3) is 65.7 Å². The first-order chi connectivity index (χ1) is 14.9. The predicted octanol–water partition coefficient (Wildman–Crippen LogP) is 8.46. The minimum Gasteiger partial charge on any atom is -0.0622 e. The molecule has 0 saturated carbocycles. The third-order valence-electron chi connectivity index (χ3n) is 6.57. The molecule has 0 aliphatic heterocycles. The molecule has 0 bridgehead atoms. The highest BCUT2D eigenvalue weighted by Crippen LogP contribution is 2.50. The van der Waals surface area contributed by atoms with Gasteiger partial charge in [0, 0.05) is 0 Å². The molecule has 7 rings (SSSR count). The quantitative estimate of drug-likeness (QED) is 0.251. The van der Waals surface area contributed by atoms with E-state index in [1.807, 2.05) is 0 Å². The highest BCUT2D eigenvalue weighted by molar-refractivity contribution is 6.30. The molecule has 0 N–H and O–H groups in total. The number of rotatable bonds is 1. The molecule has 0 spiro atoms. The van der Waals surface area contributed by atoms with E-state index in [9.17, 15) is 0 Å². The molecule has 0 atom stereocenters. The second-order valence-corrected chi connectivity index (χ2v) is 8.13. The molecule has 0 amide bonds. The first-order valence-electron chi connectivity index (χ1n) is 10.5. The van der Waals surface area contributed by atoms with Crippen LogP contribution in [0.15, 0.2) is 109 Å². The van der Waals surface area contributed by atoms with Gasteiger partial charge in [-0.15, -0.1) is 0 Å². The van der Waals surface area contributed by atoms with Crippen molar-refractivity contribution in [2.24, 2.45) is 0 Å². The van der Waals surface area contributed by atoms with Crippen LogP contribution in [0.3, 0.4) is 0 Å². The standard InChI is InChI=1S/C30H18/c1-2-8-19(9-3-1)22-13-6-10-20-16-17-21-18-27-24-12-5-4-11-23(24)25-14-7-15-26(30(25)27)29(21)28(20)22/h1-18H. The van der Waals surface area contributed by atoms with Crippen LogP contribution in [-0.2, 0) is 0 Å². The van der Waals surface area contributed by atoms with Gasteiger partial charge in [0.15, 0.2) is 0 Å². The molecule has 1 aliphatic rings. The van der Waals surface area contributed by atoms with E-state index >= 15 is 0 Å². The molecule has 1 aliphatic carbocycles. The molecule has 0 nitrogen and oxygen atoms in total. The Hall–Kier alpha value is -3.90. The third-order valence-corrected chi connectivity index (χ3v) is 6.57. The van der Waals surface area contributed by atoms with Crippen molar-refractivity contribution in [1.82, 2.24) is 0 Å². The average molecular weight is 378 g/mol. The minimum atomic E-state index is 1.27. The summed E-state index contributed by atoms with van der Waals surface area (Å²) in [5.74, 6) is 0. The summed E-state index contributed by atoms with van der Waals surface area (Å²) in [6.45, 7) is 0. The Kier molecular flexibility index (Phi) is 3.09. The average Bonchev–Trinajstić information content (AvgIpc) is 3.14. The molecule has 0 heterocycles. The highest BCUT2D eigenvalue weighted by atomic mass is 14.3. The maximum absolute atomic E-state index is 2.40. The molecule has 0 heteroatoms. The van der Waals surface area contributed by atoms with Crippen molar-refractivity contribution >= 4 is 32.3 Å². The molecule has 30 heavy (non-hydrogen) atoms. The first kappa shape index (κ1) is 16.0. The van der Waals surface area contributed by atoms with Gasteiger partial charge in [0.2, 0.25) is 0 Å². The van der Waals surface area contributed by atoms with Crippen molar-refractivity contribution in [2.75, 3.05) is 0 Å². The number of hydrogen-bond donors (Lipinski definition) is 0. The zero-order valence-electron chi connectivity index (χ0n) is 16.4. The molecular weight excluding hydrogens is 360 g/mol. The zero-order chi connectivity index (χ0) is 19.7. The molecule has 6 aromatic carbocycles. The maximum Gasteiger partial charge on any atom is -0.00197 e. The van der Waals surface area contributed by atoms with Gasteiger partial charge >= 0.3 is 0 Å². The minimum absolute atomic E-state index is 1.27. The molecule has 0 unspecified atom stereocenters. The van der Waals surface area contributed by atoms with Crippen molar-refractivity contribution in [3.05, 3.63) is 109 Å². The van der Waals surface area contributed by atoms with Gasteiger partial charge in [-0.1, -0.05) is 103 Å². The van der Waals surface area contributed by atoms with Crippen LogP contribution in [0.1, 0.15) is 0 Å². The van der Waals surface area contributed by atoms with E-state index in [0.29, 0.717) is 0 Å². The van der Waals surface area contributed by atoms with Crippen LogP contribution in [0.4, 0.5) is 0 Å². The zero-order valence-corrected chi connectivity index (χ0v) is 16.4. The molecule has 138 valence electrons. The first-order valence-corrected chi connectivity index (χ1v) is 10.5. The highest BCUT2D eigenvalue weighted by Gasteiger charge is 2.23. The summed E-state index contributed by atoms with van der Waals surface area (Å²) in [5.41, 5.74) is 7.98. The molecular formula is C30H18. The van der Waals surface area contributed by atoms with Crippen LogP contribution in [0, 0.1) is 0 Å². The van der Waals surface area contributed by atoms with Crippen molar-refractivity contribution in [1.29, 1.82) is 0 Å². The van der Waals surface area contributed by atoms with E-state index < -0.39 is 0 Å². The van der Waals surface area contributed by atoms with E-state index in [4.69, 9.17) is 0 Å². The van der Waals surface area contributed by atoms with Gasteiger partial charge in [-0.05, 0) is 71.8 Å². The Morgan fingerprint density at radius 3 is 1.87 bits per heavy atom. The maximum atomic E-state index is 2.40. The lowest BCUT2D eigenvalue weighted by Crippen LogP contribution is -1.87. The van der Waals surface area contributed by atoms with Crippen molar-refractivity contribution in [3.8, 4) is 33.4 Å². The smallest absolute Gasteiger partial charge is 0.00197 e. The summed E-state index contributed by atoms with van der Waals surface area (Å²) in [6, 6.07) is 40.0. The second-order valence-electron chi connectivity index (χ2n) is 8.13. The van der Waals surface area contributed by atoms with E-state index in [0.717, 1.165) is 0 Å². The van der Waals surface area contributed by atoms with Crippen molar-refractivity contribution < 1.29 is 0 Å². The molecule has 0 radical (unpaired) electrons. The summed E-state index contributed by atoms with van der Waals surface area (Å²) >= 11 is 0. The van der Waals surface area contributed by atoms with Crippen LogP contribution in [0.5, 0.6) is 0 Å². The number of hydrogen-bond acceptors (Lipinski definition) is 0. The van der Waals surface area contributed by atoms with E-state index in [-0.39, 0.29) is 0 Å². The molecule has 0 fully saturated rings. The van der Waals surface area contributed by atoms with Gasteiger partial charge in [-0.25, -0.2) is 0 Å². The van der Waals surface area contributed by atoms with E-state index in [1.54, 1.807) is 0 Å². The number of fused-ring (bicyclic) bond motifs is 7. The van der Waals surface area contributed by atoms with Gasteiger partial charge in [0.05, 0.1) is 0 Å². The van der Waals surface area contributed by atoms with Gasteiger partial charge in [0.25, 0.3) is 0 Å². The largest absolute Gasteiger partial charge is 0.0622 e. The fourth-order valence-corrected chi connectivity index (χ4v) is 5.33. The second kappa shape index (κ2) is 5.81. The summed E-state index contributed by atoms with van der Waals surface area (Å²) in [4.78, 5) is 0. The normalized spacial score (nSPS) is 12.0. The topological polar surface area (TPSA) is 0 Å². The van der Waals surface area contributed by atoms with Crippen molar-refractivity contribution in [2.45, 2.75) is 0 Å². The predicted molar refractivity (Wildman–Crippen MR) is 129 cm³/mol. The van der Waals surface area contributed by atoms with Gasteiger partial charge < -0.3 is 0 Å². The summed E-state index contributed by atoms with van der Waals surface area (Å²) < 4.78 is 0. The van der Waals surface area contributed by atoms with Crippen LogP contribution in [0.2, 0.25) is 0 Å².